The number of hydrogen-bond acceptors (Lipinski definition) is 5. The van der Waals surface area contributed by atoms with Crippen LogP contribution in [0, 0.1) is 6.92 Å². The molecule has 0 aliphatic rings. The van der Waals surface area contributed by atoms with Gasteiger partial charge >= 0.3 is 0 Å². The standard InChI is InChI=1S/C13H20N6/c1-4-5-10-17-12(14)9(2)13(18-10)16-8-11-15-6-7-19(11)3/h6-7H,4-5,8H2,1-3H3,(H3,14,16,17,18). The summed E-state index contributed by atoms with van der Waals surface area (Å²) >= 11 is 0. The highest BCUT2D eigenvalue weighted by atomic mass is 15.1. The van der Waals surface area contributed by atoms with Gasteiger partial charge in [-0.2, -0.15) is 0 Å². The quantitative estimate of drug-likeness (QED) is 0.854. The van der Waals surface area contributed by atoms with E-state index in [0.717, 1.165) is 35.9 Å². The van der Waals surface area contributed by atoms with Crippen molar-refractivity contribution in [2.24, 2.45) is 7.05 Å². The molecule has 0 fully saturated rings. The number of nitrogen functional groups attached to an aromatic ring is 1. The molecule has 0 aliphatic heterocycles. The summed E-state index contributed by atoms with van der Waals surface area (Å²) < 4.78 is 1.97. The van der Waals surface area contributed by atoms with Crippen LogP contribution in [0.5, 0.6) is 0 Å². The maximum atomic E-state index is 5.92. The lowest BCUT2D eigenvalue weighted by Crippen LogP contribution is -2.11. The fraction of sp³-hybridized carbons (Fsp3) is 0.462. The number of aromatic nitrogens is 4. The van der Waals surface area contributed by atoms with E-state index in [-0.39, 0.29) is 0 Å². The molecule has 2 heterocycles. The third-order valence-corrected chi connectivity index (χ3v) is 3.04. The van der Waals surface area contributed by atoms with Gasteiger partial charge in [-0.3, -0.25) is 0 Å². The van der Waals surface area contributed by atoms with E-state index in [4.69, 9.17) is 5.73 Å². The Hall–Kier alpha value is -2.11. The van der Waals surface area contributed by atoms with Crippen LogP contribution in [0.25, 0.3) is 0 Å². The maximum Gasteiger partial charge on any atom is 0.135 e. The Morgan fingerprint density at radius 2 is 2.16 bits per heavy atom. The predicted molar refractivity (Wildman–Crippen MR) is 75.7 cm³/mol. The van der Waals surface area contributed by atoms with E-state index < -0.39 is 0 Å². The topological polar surface area (TPSA) is 81.6 Å². The van der Waals surface area contributed by atoms with Crippen LogP contribution in [0.3, 0.4) is 0 Å². The monoisotopic (exact) mass is 260 g/mol. The van der Waals surface area contributed by atoms with Crippen molar-refractivity contribution in [3.8, 4) is 0 Å². The number of hydrogen-bond donors (Lipinski definition) is 2. The molecule has 0 aliphatic carbocycles. The molecule has 3 N–H and O–H groups in total. The summed E-state index contributed by atoms with van der Waals surface area (Å²) in [6.07, 6.45) is 5.53. The normalized spacial score (nSPS) is 10.7. The molecular formula is C13H20N6. The summed E-state index contributed by atoms with van der Waals surface area (Å²) in [5.74, 6) is 3.07. The van der Waals surface area contributed by atoms with Crippen LogP contribution in [0.4, 0.5) is 11.6 Å². The van der Waals surface area contributed by atoms with E-state index in [1.165, 1.54) is 0 Å². The number of aryl methyl sites for hydroxylation is 2. The van der Waals surface area contributed by atoms with Crippen molar-refractivity contribution in [1.29, 1.82) is 0 Å². The highest BCUT2D eigenvalue weighted by Crippen LogP contribution is 2.18. The molecule has 0 spiro atoms. The minimum atomic E-state index is 0.542. The van der Waals surface area contributed by atoms with Crippen LogP contribution in [-0.4, -0.2) is 19.5 Å². The number of anilines is 2. The Kier molecular flexibility index (Phi) is 3.99. The third kappa shape index (κ3) is 3.01. The summed E-state index contributed by atoms with van der Waals surface area (Å²) in [5, 5.41) is 3.28. The molecule has 102 valence electrons. The molecule has 19 heavy (non-hydrogen) atoms. The molecule has 2 aromatic heterocycles. The van der Waals surface area contributed by atoms with Crippen LogP contribution in [0.2, 0.25) is 0 Å². The van der Waals surface area contributed by atoms with Gasteiger partial charge in [0.2, 0.25) is 0 Å². The second-order valence-corrected chi connectivity index (χ2v) is 4.56. The molecule has 2 rings (SSSR count). The van der Waals surface area contributed by atoms with Crippen molar-refractivity contribution < 1.29 is 0 Å². The van der Waals surface area contributed by atoms with Crippen molar-refractivity contribution in [2.75, 3.05) is 11.1 Å². The fourth-order valence-corrected chi connectivity index (χ4v) is 1.82. The van der Waals surface area contributed by atoms with Crippen molar-refractivity contribution in [3.63, 3.8) is 0 Å². The van der Waals surface area contributed by atoms with Gasteiger partial charge in [0, 0.05) is 31.4 Å². The minimum Gasteiger partial charge on any atom is -0.383 e. The molecule has 0 atom stereocenters. The van der Waals surface area contributed by atoms with Crippen molar-refractivity contribution >= 4 is 11.6 Å². The van der Waals surface area contributed by atoms with E-state index in [1.807, 2.05) is 24.7 Å². The second kappa shape index (κ2) is 5.69. The Bertz CT molecular complexity index is 560. The van der Waals surface area contributed by atoms with Crippen molar-refractivity contribution in [1.82, 2.24) is 19.5 Å². The van der Waals surface area contributed by atoms with Crippen LogP contribution >= 0.6 is 0 Å². The largest absolute Gasteiger partial charge is 0.383 e. The highest BCUT2D eigenvalue weighted by molar-refractivity contribution is 5.54. The molecule has 0 saturated carbocycles. The number of nitrogens with zero attached hydrogens (tertiary/aromatic N) is 4. The number of rotatable bonds is 5. The molecule has 0 saturated heterocycles. The zero-order valence-electron chi connectivity index (χ0n) is 11.6. The molecule has 0 bridgehead atoms. The highest BCUT2D eigenvalue weighted by Gasteiger charge is 2.09. The van der Waals surface area contributed by atoms with Gasteiger partial charge in [0.05, 0.1) is 6.54 Å². The second-order valence-electron chi connectivity index (χ2n) is 4.56. The van der Waals surface area contributed by atoms with Gasteiger partial charge in [0.25, 0.3) is 0 Å². The number of nitrogens with two attached hydrogens (primary N) is 1. The van der Waals surface area contributed by atoms with Gasteiger partial charge in [0.1, 0.15) is 23.3 Å². The Labute approximate surface area is 113 Å². The maximum absolute atomic E-state index is 5.92. The first kappa shape index (κ1) is 13.3. The van der Waals surface area contributed by atoms with Gasteiger partial charge in [-0.25, -0.2) is 15.0 Å². The molecule has 6 heteroatoms. The average Bonchev–Trinajstić information content (AvgIpc) is 2.78. The molecule has 6 nitrogen and oxygen atoms in total. The first-order valence-corrected chi connectivity index (χ1v) is 6.45. The van der Waals surface area contributed by atoms with Crippen LogP contribution < -0.4 is 11.1 Å². The summed E-state index contributed by atoms with van der Waals surface area (Å²) in [4.78, 5) is 13.1. The van der Waals surface area contributed by atoms with Gasteiger partial charge in [-0.1, -0.05) is 6.92 Å². The first-order valence-electron chi connectivity index (χ1n) is 6.45. The SMILES string of the molecule is CCCc1nc(N)c(C)c(NCc2nccn2C)n1. The third-order valence-electron chi connectivity index (χ3n) is 3.04. The summed E-state index contributed by atoms with van der Waals surface area (Å²) in [7, 11) is 1.97. The predicted octanol–water partition coefficient (Wildman–Crippen LogP) is 1.67. The van der Waals surface area contributed by atoms with Crippen LogP contribution in [0.1, 0.15) is 30.6 Å². The van der Waals surface area contributed by atoms with Gasteiger partial charge < -0.3 is 15.6 Å². The Morgan fingerprint density at radius 1 is 1.37 bits per heavy atom. The van der Waals surface area contributed by atoms with E-state index in [2.05, 4.69) is 27.2 Å². The number of nitrogens with one attached hydrogen (secondary N) is 1. The average molecular weight is 260 g/mol. The van der Waals surface area contributed by atoms with Crippen molar-refractivity contribution in [2.45, 2.75) is 33.2 Å². The van der Waals surface area contributed by atoms with Crippen molar-refractivity contribution in [3.05, 3.63) is 29.6 Å². The summed E-state index contributed by atoms with van der Waals surface area (Å²) in [5.41, 5.74) is 6.80. The summed E-state index contributed by atoms with van der Waals surface area (Å²) in [6, 6.07) is 0. The first-order chi connectivity index (χ1) is 9.11. The lowest BCUT2D eigenvalue weighted by molar-refractivity contribution is 0.801. The molecule has 0 amide bonds. The lowest BCUT2D eigenvalue weighted by atomic mass is 10.2. The smallest absolute Gasteiger partial charge is 0.135 e. The Morgan fingerprint density at radius 3 is 2.79 bits per heavy atom. The van der Waals surface area contributed by atoms with Crippen LogP contribution in [-0.2, 0) is 20.0 Å². The number of imidazole rings is 1. The lowest BCUT2D eigenvalue weighted by Gasteiger charge is -2.11. The van der Waals surface area contributed by atoms with E-state index in [1.54, 1.807) is 6.20 Å². The zero-order chi connectivity index (χ0) is 13.8. The van der Waals surface area contributed by atoms with E-state index in [0.29, 0.717) is 12.4 Å². The zero-order valence-corrected chi connectivity index (χ0v) is 11.6. The van der Waals surface area contributed by atoms with Gasteiger partial charge in [-0.05, 0) is 13.3 Å². The Balaban J connectivity index is 2.17. The summed E-state index contributed by atoms with van der Waals surface area (Å²) in [6.45, 7) is 4.64. The van der Waals surface area contributed by atoms with Gasteiger partial charge in [-0.15, -0.1) is 0 Å². The molecule has 0 unspecified atom stereocenters. The fourth-order valence-electron chi connectivity index (χ4n) is 1.82. The van der Waals surface area contributed by atoms with E-state index in [9.17, 15) is 0 Å². The van der Waals surface area contributed by atoms with Crippen LogP contribution in [0.15, 0.2) is 12.4 Å². The molecule has 2 aromatic rings. The minimum absolute atomic E-state index is 0.542. The molecule has 0 radical (unpaired) electrons. The van der Waals surface area contributed by atoms with E-state index >= 15 is 0 Å². The molecular weight excluding hydrogens is 240 g/mol. The van der Waals surface area contributed by atoms with Gasteiger partial charge in [0.15, 0.2) is 0 Å². The molecule has 0 aromatic carbocycles.